The summed E-state index contributed by atoms with van der Waals surface area (Å²) in [6, 6.07) is 11.5. The Balaban J connectivity index is 1.61. The Bertz CT molecular complexity index is 710. The quantitative estimate of drug-likeness (QED) is 0.713. The number of unbranched alkanes of at least 4 members (excludes halogenated alkanes) is 2. The molecule has 2 aliphatic rings. The zero-order valence-corrected chi connectivity index (χ0v) is 16.1. The number of aromatic nitrogens is 3. The highest BCUT2D eigenvalue weighted by Gasteiger charge is 2.43. The summed E-state index contributed by atoms with van der Waals surface area (Å²) >= 11 is 0. The van der Waals surface area contributed by atoms with E-state index in [1.807, 2.05) is 0 Å². The Labute approximate surface area is 157 Å². The molecule has 0 spiro atoms. The third-order valence-electron chi connectivity index (χ3n) is 5.90. The van der Waals surface area contributed by atoms with E-state index in [2.05, 4.69) is 69.0 Å². The Morgan fingerprint density at radius 3 is 2.54 bits per heavy atom. The van der Waals surface area contributed by atoms with Crippen LogP contribution in [0, 0.1) is 0 Å². The van der Waals surface area contributed by atoms with Gasteiger partial charge in [0.05, 0.1) is 11.7 Å². The van der Waals surface area contributed by atoms with Crippen molar-refractivity contribution in [2.45, 2.75) is 58.2 Å². The number of hydrogen-bond acceptors (Lipinski definition) is 4. The lowest BCUT2D eigenvalue weighted by atomic mass is 10.0. The minimum atomic E-state index is 0.442. The van der Waals surface area contributed by atoms with Crippen LogP contribution in [0.4, 0.5) is 0 Å². The molecule has 2 aliphatic heterocycles. The molecular weight excluding hydrogens is 322 g/mol. The standard InChI is InChI=1S/C21H31N5/c1-3-5-9-13-24-14-18-19(15-24)26-20(16-25(18)12-4-2)21(22-23-26)17-10-7-6-8-11-17/h6-8,10-11,18-19H,3-5,9,12-16H2,1-2H3. The molecule has 4 rings (SSSR count). The Kier molecular flexibility index (Phi) is 5.36. The molecule has 0 amide bonds. The molecule has 0 bridgehead atoms. The van der Waals surface area contributed by atoms with Crippen molar-refractivity contribution in [1.82, 2.24) is 24.8 Å². The molecule has 0 N–H and O–H groups in total. The largest absolute Gasteiger partial charge is 0.300 e. The Hall–Kier alpha value is -1.72. The van der Waals surface area contributed by atoms with Crippen molar-refractivity contribution in [2.75, 3.05) is 26.2 Å². The number of fused-ring (bicyclic) bond motifs is 3. The van der Waals surface area contributed by atoms with E-state index in [1.54, 1.807) is 0 Å². The lowest BCUT2D eigenvalue weighted by Crippen LogP contribution is -2.46. The number of benzene rings is 1. The van der Waals surface area contributed by atoms with Crippen LogP contribution in [0.1, 0.15) is 51.3 Å². The van der Waals surface area contributed by atoms with E-state index in [-0.39, 0.29) is 0 Å². The predicted molar refractivity (Wildman–Crippen MR) is 105 cm³/mol. The maximum Gasteiger partial charge on any atom is 0.117 e. The number of rotatable bonds is 7. The van der Waals surface area contributed by atoms with E-state index in [0.29, 0.717) is 12.1 Å². The first-order valence-electron chi connectivity index (χ1n) is 10.3. The van der Waals surface area contributed by atoms with Crippen molar-refractivity contribution in [3.8, 4) is 11.3 Å². The van der Waals surface area contributed by atoms with E-state index in [1.165, 1.54) is 50.0 Å². The molecule has 3 heterocycles. The van der Waals surface area contributed by atoms with Crippen LogP contribution < -0.4 is 0 Å². The van der Waals surface area contributed by atoms with Crippen molar-refractivity contribution >= 4 is 0 Å². The van der Waals surface area contributed by atoms with Crippen LogP contribution >= 0.6 is 0 Å². The van der Waals surface area contributed by atoms with Crippen molar-refractivity contribution in [2.24, 2.45) is 0 Å². The van der Waals surface area contributed by atoms with Gasteiger partial charge >= 0.3 is 0 Å². The van der Waals surface area contributed by atoms with Gasteiger partial charge in [-0.2, -0.15) is 0 Å². The first-order chi connectivity index (χ1) is 12.8. The molecule has 26 heavy (non-hydrogen) atoms. The molecule has 0 aliphatic carbocycles. The molecular formula is C21H31N5. The summed E-state index contributed by atoms with van der Waals surface area (Å²) < 4.78 is 2.25. The van der Waals surface area contributed by atoms with Gasteiger partial charge < -0.3 is 0 Å². The second kappa shape index (κ2) is 7.89. The van der Waals surface area contributed by atoms with Crippen LogP contribution in [-0.4, -0.2) is 57.0 Å². The summed E-state index contributed by atoms with van der Waals surface area (Å²) in [5.41, 5.74) is 3.54. The highest BCUT2D eigenvalue weighted by molar-refractivity contribution is 5.61. The Morgan fingerprint density at radius 1 is 0.962 bits per heavy atom. The zero-order chi connectivity index (χ0) is 17.9. The number of likely N-dealkylation sites (tertiary alicyclic amines) is 1. The molecule has 1 aromatic carbocycles. The lowest BCUT2D eigenvalue weighted by molar-refractivity contribution is 0.122. The number of nitrogens with zero attached hydrogens (tertiary/aromatic N) is 5. The fourth-order valence-corrected chi connectivity index (χ4v) is 4.60. The summed E-state index contributed by atoms with van der Waals surface area (Å²) in [4.78, 5) is 5.32. The summed E-state index contributed by atoms with van der Waals surface area (Å²) in [7, 11) is 0. The van der Waals surface area contributed by atoms with Crippen LogP contribution in [0.15, 0.2) is 30.3 Å². The van der Waals surface area contributed by atoms with E-state index in [9.17, 15) is 0 Å². The average molecular weight is 354 g/mol. The average Bonchev–Trinajstić information content (AvgIpc) is 3.27. The molecule has 1 saturated heterocycles. The van der Waals surface area contributed by atoms with Gasteiger partial charge in [-0.05, 0) is 25.9 Å². The van der Waals surface area contributed by atoms with Gasteiger partial charge in [-0.25, -0.2) is 4.68 Å². The summed E-state index contributed by atoms with van der Waals surface area (Å²) in [6.45, 7) is 10.2. The van der Waals surface area contributed by atoms with Crippen molar-refractivity contribution in [3.63, 3.8) is 0 Å². The topological polar surface area (TPSA) is 37.2 Å². The van der Waals surface area contributed by atoms with Gasteiger partial charge in [0.2, 0.25) is 0 Å². The van der Waals surface area contributed by atoms with Crippen molar-refractivity contribution in [3.05, 3.63) is 36.0 Å². The third-order valence-corrected chi connectivity index (χ3v) is 5.90. The highest BCUT2D eigenvalue weighted by Crippen LogP contribution is 2.36. The zero-order valence-electron chi connectivity index (χ0n) is 16.1. The second-order valence-electron chi connectivity index (χ2n) is 7.77. The summed E-state index contributed by atoms with van der Waals surface area (Å²) in [6.07, 6.45) is 5.12. The maximum atomic E-state index is 4.61. The molecule has 1 fully saturated rings. The summed E-state index contributed by atoms with van der Waals surface area (Å²) in [5, 5.41) is 9.21. The molecule has 1 aromatic heterocycles. The van der Waals surface area contributed by atoms with Gasteiger partial charge in [-0.3, -0.25) is 9.80 Å². The van der Waals surface area contributed by atoms with Gasteiger partial charge in [-0.1, -0.05) is 62.2 Å². The van der Waals surface area contributed by atoms with Gasteiger partial charge in [-0.15, -0.1) is 5.10 Å². The van der Waals surface area contributed by atoms with Gasteiger partial charge in [0, 0.05) is 31.2 Å². The molecule has 5 heteroatoms. The maximum absolute atomic E-state index is 4.61. The van der Waals surface area contributed by atoms with Crippen LogP contribution in [0.3, 0.4) is 0 Å². The molecule has 0 radical (unpaired) electrons. The third kappa shape index (κ3) is 3.30. The van der Waals surface area contributed by atoms with E-state index < -0.39 is 0 Å². The smallest absolute Gasteiger partial charge is 0.117 e. The second-order valence-corrected chi connectivity index (χ2v) is 7.77. The molecule has 0 saturated carbocycles. The molecule has 2 atom stereocenters. The SMILES string of the molecule is CCCCCN1CC2C(C1)n1nnc(-c3ccccc3)c1CN2CCC. The van der Waals surface area contributed by atoms with E-state index >= 15 is 0 Å². The van der Waals surface area contributed by atoms with Gasteiger partial charge in [0.25, 0.3) is 0 Å². The first-order valence-corrected chi connectivity index (χ1v) is 10.3. The molecule has 140 valence electrons. The first kappa shape index (κ1) is 17.7. The summed E-state index contributed by atoms with van der Waals surface area (Å²) in [5.74, 6) is 0. The van der Waals surface area contributed by atoms with Crippen molar-refractivity contribution in [1.29, 1.82) is 0 Å². The van der Waals surface area contributed by atoms with Crippen molar-refractivity contribution < 1.29 is 0 Å². The number of hydrogen-bond donors (Lipinski definition) is 0. The Morgan fingerprint density at radius 2 is 1.77 bits per heavy atom. The molecule has 2 unspecified atom stereocenters. The van der Waals surface area contributed by atoms with Crippen LogP contribution in [0.25, 0.3) is 11.3 Å². The van der Waals surface area contributed by atoms with Gasteiger partial charge in [0.15, 0.2) is 0 Å². The fourth-order valence-electron chi connectivity index (χ4n) is 4.60. The van der Waals surface area contributed by atoms with E-state index in [4.69, 9.17) is 0 Å². The van der Waals surface area contributed by atoms with Crippen LogP contribution in [0.2, 0.25) is 0 Å². The lowest BCUT2D eigenvalue weighted by Gasteiger charge is -2.37. The van der Waals surface area contributed by atoms with E-state index in [0.717, 1.165) is 25.3 Å². The fraction of sp³-hybridized carbons (Fsp3) is 0.619. The molecule has 5 nitrogen and oxygen atoms in total. The monoisotopic (exact) mass is 353 g/mol. The minimum Gasteiger partial charge on any atom is -0.300 e. The van der Waals surface area contributed by atoms with Gasteiger partial charge in [0.1, 0.15) is 5.69 Å². The minimum absolute atomic E-state index is 0.442. The highest BCUT2D eigenvalue weighted by atomic mass is 15.5. The van der Waals surface area contributed by atoms with Crippen LogP contribution in [0.5, 0.6) is 0 Å². The van der Waals surface area contributed by atoms with Crippen LogP contribution in [-0.2, 0) is 6.54 Å². The predicted octanol–water partition coefficient (Wildman–Crippen LogP) is 3.59. The normalized spacial score (nSPS) is 23.2. The molecule has 2 aromatic rings.